The summed E-state index contributed by atoms with van der Waals surface area (Å²) in [5.74, 6) is -0.368. The molecule has 1 aliphatic rings. The third-order valence-electron chi connectivity index (χ3n) is 3.83. The summed E-state index contributed by atoms with van der Waals surface area (Å²) in [7, 11) is 0. The number of hydrogen-bond acceptors (Lipinski definition) is 4. The molecule has 10 heteroatoms. The molecule has 7 nitrogen and oxygen atoms in total. The molecule has 3 amide bonds. The zero-order valence-corrected chi connectivity index (χ0v) is 15.9. The maximum absolute atomic E-state index is 12.1. The van der Waals surface area contributed by atoms with E-state index in [-0.39, 0.29) is 17.9 Å². The summed E-state index contributed by atoms with van der Waals surface area (Å²) in [5.41, 5.74) is -0.231. The number of amides is 3. The Hall–Kier alpha value is -2.65. The van der Waals surface area contributed by atoms with Gasteiger partial charge in [-0.3, -0.25) is 0 Å². The number of carbonyl (C=O) groups is 2. The first-order chi connectivity index (χ1) is 12.9. The number of likely N-dealkylation sites (tertiary alicyclic amines) is 1. The molecule has 1 aromatic rings. The zero-order valence-electron chi connectivity index (χ0n) is 15.9. The summed E-state index contributed by atoms with van der Waals surface area (Å²) in [4.78, 5) is 25.7. The predicted molar refractivity (Wildman–Crippen MR) is 96.1 cm³/mol. The minimum atomic E-state index is -4.76. The third-order valence-corrected chi connectivity index (χ3v) is 3.83. The first-order valence-electron chi connectivity index (χ1n) is 8.82. The molecule has 1 fully saturated rings. The number of ether oxygens (including phenoxy) is 2. The molecule has 2 N–H and O–H groups in total. The molecular formula is C18H24F3N3O4. The SMILES string of the molecule is CC(C)(C)OC(=O)N1CCC(NC(=O)Nc2ccc(OC(F)(F)F)cc2)CC1. The lowest BCUT2D eigenvalue weighted by atomic mass is 10.1. The van der Waals surface area contributed by atoms with Crippen LogP contribution in [0.4, 0.5) is 28.4 Å². The van der Waals surface area contributed by atoms with Gasteiger partial charge in [0.1, 0.15) is 11.4 Å². The highest BCUT2D eigenvalue weighted by atomic mass is 19.4. The van der Waals surface area contributed by atoms with Crippen molar-refractivity contribution in [1.82, 2.24) is 10.2 Å². The quantitative estimate of drug-likeness (QED) is 0.796. The summed E-state index contributed by atoms with van der Waals surface area (Å²) in [5, 5.41) is 5.34. The molecule has 0 saturated carbocycles. The number of halogens is 3. The van der Waals surface area contributed by atoms with Gasteiger partial charge in [-0.1, -0.05) is 0 Å². The van der Waals surface area contributed by atoms with E-state index < -0.39 is 18.0 Å². The number of nitrogens with one attached hydrogen (secondary N) is 2. The minimum absolute atomic E-state index is 0.119. The fourth-order valence-corrected chi connectivity index (χ4v) is 2.63. The first kappa shape index (κ1) is 21.6. The Balaban J connectivity index is 1.76. The summed E-state index contributed by atoms with van der Waals surface area (Å²) in [6, 6.07) is 4.26. The van der Waals surface area contributed by atoms with Crippen LogP contribution in [0.25, 0.3) is 0 Å². The molecule has 2 rings (SSSR count). The fourth-order valence-electron chi connectivity index (χ4n) is 2.63. The number of nitrogens with zero attached hydrogens (tertiary/aromatic N) is 1. The molecular weight excluding hydrogens is 379 g/mol. The number of anilines is 1. The van der Waals surface area contributed by atoms with Crippen LogP contribution in [0.5, 0.6) is 5.75 Å². The average Bonchev–Trinajstić information content (AvgIpc) is 2.54. The molecule has 0 bridgehead atoms. The van der Waals surface area contributed by atoms with Gasteiger partial charge in [0.05, 0.1) is 0 Å². The monoisotopic (exact) mass is 403 g/mol. The summed E-state index contributed by atoms with van der Waals surface area (Å²) in [6.07, 6.45) is -3.99. The molecule has 1 heterocycles. The molecule has 1 aromatic carbocycles. The highest BCUT2D eigenvalue weighted by Gasteiger charge is 2.31. The average molecular weight is 403 g/mol. The maximum atomic E-state index is 12.1. The van der Waals surface area contributed by atoms with Crippen LogP contribution in [0.2, 0.25) is 0 Å². The van der Waals surface area contributed by atoms with E-state index in [9.17, 15) is 22.8 Å². The Morgan fingerprint density at radius 1 is 1.07 bits per heavy atom. The Bertz CT molecular complexity index is 679. The largest absolute Gasteiger partial charge is 0.573 e. The Kier molecular flexibility index (Phi) is 6.63. The maximum Gasteiger partial charge on any atom is 0.573 e. The van der Waals surface area contributed by atoms with E-state index in [1.54, 1.807) is 25.7 Å². The number of hydrogen-bond donors (Lipinski definition) is 2. The van der Waals surface area contributed by atoms with Crippen molar-refractivity contribution in [3.05, 3.63) is 24.3 Å². The van der Waals surface area contributed by atoms with Crippen LogP contribution in [0, 0.1) is 0 Å². The van der Waals surface area contributed by atoms with Crippen LogP contribution in [-0.2, 0) is 4.74 Å². The van der Waals surface area contributed by atoms with Gasteiger partial charge in [0.25, 0.3) is 0 Å². The van der Waals surface area contributed by atoms with Gasteiger partial charge in [-0.2, -0.15) is 0 Å². The number of piperidine rings is 1. The Labute approximate surface area is 161 Å². The third kappa shape index (κ3) is 7.53. The minimum Gasteiger partial charge on any atom is -0.444 e. The van der Waals surface area contributed by atoms with E-state index in [1.807, 2.05) is 0 Å². The molecule has 1 aliphatic heterocycles. The molecule has 0 unspecified atom stereocenters. The van der Waals surface area contributed by atoms with Crippen molar-refractivity contribution in [2.45, 2.75) is 51.6 Å². The highest BCUT2D eigenvalue weighted by Crippen LogP contribution is 2.24. The van der Waals surface area contributed by atoms with Gasteiger partial charge in [-0.05, 0) is 57.9 Å². The van der Waals surface area contributed by atoms with Gasteiger partial charge in [0.2, 0.25) is 0 Å². The Morgan fingerprint density at radius 3 is 2.14 bits per heavy atom. The zero-order chi connectivity index (χ0) is 20.9. The normalized spacial score (nSPS) is 15.7. The molecule has 28 heavy (non-hydrogen) atoms. The second-order valence-corrected chi connectivity index (χ2v) is 7.41. The smallest absolute Gasteiger partial charge is 0.444 e. The summed E-state index contributed by atoms with van der Waals surface area (Å²) >= 11 is 0. The van der Waals surface area contributed by atoms with E-state index in [0.29, 0.717) is 31.6 Å². The molecule has 1 saturated heterocycles. The van der Waals surface area contributed by atoms with Crippen molar-refractivity contribution in [2.24, 2.45) is 0 Å². The van der Waals surface area contributed by atoms with Crippen LogP contribution in [0.15, 0.2) is 24.3 Å². The van der Waals surface area contributed by atoms with E-state index in [2.05, 4.69) is 15.4 Å². The van der Waals surface area contributed by atoms with Crippen molar-refractivity contribution in [3.63, 3.8) is 0 Å². The van der Waals surface area contributed by atoms with Crippen molar-refractivity contribution in [3.8, 4) is 5.75 Å². The molecule has 0 atom stereocenters. The van der Waals surface area contributed by atoms with Gasteiger partial charge >= 0.3 is 18.5 Å². The van der Waals surface area contributed by atoms with Crippen molar-refractivity contribution in [1.29, 1.82) is 0 Å². The van der Waals surface area contributed by atoms with Crippen molar-refractivity contribution in [2.75, 3.05) is 18.4 Å². The second kappa shape index (κ2) is 8.57. The second-order valence-electron chi connectivity index (χ2n) is 7.41. The molecule has 0 spiro atoms. The number of rotatable bonds is 3. The summed E-state index contributed by atoms with van der Waals surface area (Å²) < 4.78 is 45.5. The van der Waals surface area contributed by atoms with E-state index in [1.165, 1.54) is 12.1 Å². The molecule has 0 radical (unpaired) electrons. The van der Waals surface area contributed by atoms with E-state index in [0.717, 1.165) is 12.1 Å². The van der Waals surface area contributed by atoms with Gasteiger partial charge in [0.15, 0.2) is 0 Å². The number of carbonyl (C=O) groups excluding carboxylic acids is 2. The lowest BCUT2D eigenvalue weighted by Crippen LogP contribution is -2.48. The van der Waals surface area contributed by atoms with Gasteiger partial charge < -0.3 is 25.0 Å². The van der Waals surface area contributed by atoms with E-state index >= 15 is 0 Å². The van der Waals surface area contributed by atoms with Crippen LogP contribution in [0.1, 0.15) is 33.6 Å². The van der Waals surface area contributed by atoms with Crippen LogP contribution in [-0.4, -0.2) is 48.1 Å². The standard InChI is InChI=1S/C18H24F3N3O4/c1-17(2,3)28-16(26)24-10-8-13(9-11-24)23-15(25)22-12-4-6-14(7-5-12)27-18(19,20)21/h4-7,13H,8-11H2,1-3H3,(H2,22,23,25). The molecule has 156 valence electrons. The number of urea groups is 1. The van der Waals surface area contributed by atoms with Crippen molar-refractivity contribution >= 4 is 17.8 Å². The van der Waals surface area contributed by atoms with Crippen LogP contribution >= 0.6 is 0 Å². The van der Waals surface area contributed by atoms with Gasteiger partial charge in [-0.25, -0.2) is 9.59 Å². The molecule has 0 aromatic heterocycles. The van der Waals surface area contributed by atoms with Crippen molar-refractivity contribution < 1.29 is 32.2 Å². The van der Waals surface area contributed by atoms with Crippen LogP contribution in [0.3, 0.4) is 0 Å². The lowest BCUT2D eigenvalue weighted by molar-refractivity contribution is -0.274. The first-order valence-corrected chi connectivity index (χ1v) is 8.82. The fraction of sp³-hybridized carbons (Fsp3) is 0.556. The number of alkyl halides is 3. The Morgan fingerprint density at radius 2 is 1.64 bits per heavy atom. The topological polar surface area (TPSA) is 79.9 Å². The van der Waals surface area contributed by atoms with Gasteiger partial charge in [0, 0.05) is 24.8 Å². The highest BCUT2D eigenvalue weighted by molar-refractivity contribution is 5.89. The number of benzene rings is 1. The van der Waals surface area contributed by atoms with E-state index in [4.69, 9.17) is 4.74 Å². The predicted octanol–water partition coefficient (Wildman–Crippen LogP) is 4.11. The van der Waals surface area contributed by atoms with Gasteiger partial charge in [-0.15, -0.1) is 13.2 Å². The molecule has 0 aliphatic carbocycles. The lowest BCUT2D eigenvalue weighted by Gasteiger charge is -2.33. The van der Waals surface area contributed by atoms with Crippen LogP contribution < -0.4 is 15.4 Å². The summed E-state index contributed by atoms with van der Waals surface area (Å²) in [6.45, 7) is 6.31.